The highest BCUT2D eigenvalue weighted by atomic mass is 35.5. The number of phenolic OH excluding ortho intramolecular Hbond substituents is 3. The molecule has 0 aliphatic heterocycles. The Hall–Kier alpha value is -2.72. The van der Waals surface area contributed by atoms with Gasteiger partial charge in [0.2, 0.25) is 0 Å². The normalized spacial score (nSPS) is 11.3. The Morgan fingerprint density at radius 2 is 1.73 bits per heavy atom. The fourth-order valence-corrected chi connectivity index (χ4v) is 2.34. The van der Waals surface area contributed by atoms with Gasteiger partial charge in [-0.1, -0.05) is 35.9 Å². The summed E-state index contributed by atoms with van der Waals surface area (Å²) in [4.78, 5) is 4.37. The average Bonchev–Trinajstić information content (AvgIpc) is 2.51. The van der Waals surface area contributed by atoms with E-state index in [1.165, 1.54) is 12.1 Å². The molecule has 3 aromatic rings. The maximum absolute atomic E-state index is 9.82. The Morgan fingerprint density at radius 1 is 0.909 bits per heavy atom. The molecule has 0 unspecified atom stereocenters. The molecule has 0 amide bonds. The van der Waals surface area contributed by atoms with Crippen LogP contribution in [0.2, 0.25) is 5.02 Å². The van der Waals surface area contributed by atoms with E-state index in [1.54, 1.807) is 24.3 Å². The molecule has 5 heteroatoms. The van der Waals surface area contributed by atoms with Gasteiger partial charge in [-0.2, -0.15) is 0 Å². The minimum absolute atomic E-state index is 0.0729. The number of nitrogens with zero attached hydrogens (tertiary/aromatic N) is 1. The molecule has 3 N–H and O–H groups in total. The van der Waals surface area contributed by atoms with Gasteiger partial charge in [0.15, 0.2) is 11.5 Å². The topological polar surface area (TPSA) is 73.6 Å². The first-order chi connectivity index (χ1) is 10.5. The van der Waals surface area contributed by atoms with Gasteiger partial charge in [-0.3, -0.25) is 0 Å². The zero-order chi connectivity index (χ0) is 15.7. The van der Waals surface area contributed by atoms with Gasteiger partial charge in [-0.05, 0) is 35.9 Å². The van der Waals surface area contributed by atoms with E-state index in [0.717, 1.165) is 5.39 Å². The van der Waals surface area contributed by atoms with E-state index in [9.17, 15) is 15.3 Å². The Bertz CT molecular complexity index is 867. The molecular formula is C17H12ClNO3. The summed E-state index contributed by atoms with van der Waals surface area (Å²) in [5, 5.41) is 29.7. The molecule has 0 aliphatic rings. The zero-order valence-corrected chi connectivity index (χ0v) is 12.1. The lowest BCUT2D eigenvalue weighted by atomic mass is 10.1. The largest absolute Gasteiger partial charge is 0.506 e. The number of hydrogen-bond acceptors (Lipinski definition) is 4. The molecule has 1 aromatic heterocycles. The van der Waals surface area contributed by atoms with Crippen LogP contribution in [0.1, 0.15) is 11.3 Å². The third kappa shape index (κ3) is 2.69. The minimum atomic E-state index is -0.340. The molecule has 0 aliphatic carbocycles. The maximum Gasteiger partial charge on any atom is 0.176 e. The number of benzene rings is 2. The summed E-state index contributed by atoms with van der Waals surface area (Å²) in [6, 6.07) is 11.8. The molecule has 110 valence electrons. The van der Waals surface area contributed by atoms with Gasteiger partial charge >= 0.3 is 0 Å². The fraction of sp³-hybridized carbons (Fsp3) is 0. The minimum Gasteiger partial charge on any atom is -0.506 e. The molecule has 0 saturated carbocycles. The third-order valence-electron chi connectivity index (χ3n) is 3.23. The van der Waals surface area contributed by atoms with Crippen molar-refractivity contribution in [3.8, 4) is 17.2 Å². The molecule has 3 rings (SSSR count). The highest BCUT2D eigenvalue weighted by Crippen LogP contribution is 2.34. The predicted octanol–water partition coefficient (Wildman–Crippen LogP) is 4.18. The Morgan fingerprint density at radius 3 is 2.50 bits per heavy atom. The second-order valence-electron chi connectivity index (χ2n) is 4.79. The Balaban J connectivity index is 1.97. The molecule has 0 bridgehead atoms. The van der Waals surface area contributed by atoms with Crippen LogP contribution in [0.25, 0.3) is 23.1 Å². The van der Waals surface area contributed by atoms with Crippen LogP contribution in [-0.2, 0) is 0 Å². The van der Waals surface area contributed by atoms with Crippen molar-refractivity contribution in [2.24, 2.45) is 0 Å². The number of phenols is 3. The molecule has 1 heterocycles. The number of aromatic nitrogens is 1. The highest BCUT2D eigenvalue weighted by molar-refractivity contribution is 6.32. The van der Waals surface area contributed by atoms with Crippen molar-refractivity contribution in [3.63, 3.8) is 0 Å². The molecule has 0 fully saturated rings. The van der Waals surface area contributed by atoms with Crippen molar-refractivity contribution in [1.29, 1.82) is 0 Å². The van der Waals surface area contributed by atoms with Crippen LogP contribution in [0.15, 0.2) is 42.5 Å². The number of hydrogen-bond donors (Lipinski definition) is 3. The van der Waals surface area contributed by atoms with Gasteiger partial charge in [-0.25, -0.2) is 4.98 Å². The lowest BCUT2D eigenvalue weighted by molar-refractivity contribution is 0.404. The monoisotopic (exact) mass is 313 g/mol. The molecule has 0 atom stereocenters. The van der Waals surface area contributed by atoms with Crippen molar-refractivity contribution >= 4 is 34.7 Å². The van der Waals surface area contributed by atoms with E-state index >= 15 is 0 Å². The number of halogens is 1. The smallest absolute Gasteiger partial charge is 0.176 e. The van der Waals surface area contributed by atoms with E-state index in [2.05, 4.69) is 4.98 Å². The van der Waals surface area contributed by atoms with E-state index in [4.69, 9.17) is 11.6 Å². The Kier molecular flexibility index (Phi) is 3.61. The molecule has 2 aromatic carbocycles. The SMILES string of the molecule is Oc1cc(/C=C/c2ccc3cccc(O)c3n2)cc(Cl)c1O. The number of fused-ring (bicyclic) bond motifs is 1. The summed E-state index contributed by atoms with van der Waals surface area (Å²) in [7, 11) is 0. The van der Waals surface area contributed by atoms with Crippen molar-refractivity contribution in [2.45, 2.75) is 0 Å². The van der Waals surface area contributed by atoms with E-state index < -0.39 is 0 Å². The van der Waals surface area contributed by atoms with Crippen molar-refractivity contribution in [3.05, 3.63) is 58.7 Å². The van der Waals surface area contributed by atoms with Gasteiger partial charge in [0, 0.05) is 5.39 Å². The number of rotatable bonds is 2. The summed E-state index contributed by atoms with van der Waals surface area (Å²) in [6.07, 6.45) is 3.44. The summed E-state index contributed by atoms with van der Waals surface area (Å²) in [5.41, 5.74) is 1.80. The van der Waals surface area contributed by atoms with E-state index in [1.807, 2.05) is 18.2 Å². The summed E-state index contributed by atoms with van der Waals surface area (Å²) in [5.74, 6) is -0.498. The van der Waals surface area contributed by atoms with Crippen LogP contribution in [0.4, 0.5) is 0 Å². The molecule has 0 saturated heterocycles. The van der Waals surface area contributed by atoms with Crippen LogP contribution in [0.5, 0.6) is 17.2 Å². The Labute approximate surface area is 131 Å². The molecule has 0 spiro atoms. The second kappa shape index (κ2) is 5.58. The molecule has 4 nitrogen and oxygen atoms in total. The fourth-order valence-electron chi connectivity index (χ4n) is 2.12. The molecule has 0 radical (unpaired) electrons. The number of aromatic hydroxyl groups is 3. The van der Waals surface area contributed by atoms with Crippen molar-refractivity contribution in [2.75, 3.05) is 0 Å². The lowest BCUT2D eigenvalue weighted by Gasteiger charge is -2.03. The average molecular weight is 314 g/mol. The number of pyridine rings is 1. The number of para-hydroxylation sites is 1. The van der Waals surface area contributed by atoms with Gasteiger partial charge in [0.1, 0.15) is 11.3 Å². The summed E-state index contributed by atoms with van der Waals surface area (Å²) in [6.45, 7) is 0. The van der Waals surface area contributed by atoms with E-state index in [0.29, 0.717) is 16.8 Å². The van der Waals surface area contributed by atoms with Crippen LogP contribution >= 0.6 is 11.6 Å². The van der Waals surface area contributed by atoms with Crippen LogP contribution < -0.4 is 0 Å². The zero-order valence-electron chi connectivity index (χ0n) is 11.4. The first-order valence-corrected chi connectivity index (χ1v) is 6.91. The molecular weight excluding hydrogens is 302 g/mol. The van der Waals surface area contributed by atoms with Gasteiger partial charge in [0.25, 0.3) is 0 Å². The van der Waals surface area contributed by atoms with Gasteiger partial charge in [0.05, 0.1) is 10.7 Å². The van der Waals surface area contributed by atoms with E-state index in [-0.39, 0.29) is 22.3 Å². The van der Waals surface area contributed by atoms with Gasteiger partial charge in [-0.15, -0.1) is 0 Å². The summed E-state index contributed by atoms with van der Waals surface area (Å²) < 4.78 is 0. The summed E-state index contributed by atoms with van der Waals surface area (Å²) >= 11 is 5.81. The standard InChI is InChI=1S/C17H12ClNO3/c18-13-8-10(9-15(21)17(13)22)4-6-12-7-5-11-2-1-3-14(20)16(11)19-12/h1-9,20-22H/b6-4+. The third-order valence-corrected chi connectivity index (χ3v) is 3.52. The maximum atomic E-state index is 9.82. The van der Waals surface area contributed by atoms with Crippen LogP contribution in [0, 0.1) is 0 Å². The lowest BCUT2D eigenvalue weighted by Crippen LogP contribution is -1.84. The van der Waals surface area contributed by atoms with Gasteiger partial charge < -0.3 is 15.3 Å². The first-order valence-electron chi connectivity index (χ1n) is 6.53. The van der Waals surface area contributed by atoms with Crippen LogP contribution in [0.3, 0.4) is 0 Å². The highest BCUT2D eigenvalue weighted by Gasteiger charge is 2.06. The van der Waals surface area contributed by atoms with Crippen molar-refractivity contribution < 1.29 is 15.3 Å². The van der Waals surface area contributed by atoms with Crippen LogP contribution in [-0.4, -0.2) is 20.3 Å². The van der Waals surface area contributed by atoms with Crippen molar-refractivity contribution in [1.82, 2.24) is 4.98 Å². The predicted molar refractivity (Wildman–Crippen MR) is 87.1 cm³/mol. The second-order valence-corrected chi connectivity index (χ2v) is 5.20. The molecule has 22 heavy (non-hydrogen) atoms. The quantitative estimate of drug-likeness (QED) is 0.621. The first kappa shape index (κ1) is 14.2.